The summed E-state index contributed by atoms with van der Waals surface area (Å²) in [4.78, 5) is 13.0. The number of sulfonamides is 1. The molecular weight excluding hydrogens is 478 g/mol. The van der Waals surface area contributed by atoms with Crippen LogP contribution < -0.4 is 10.2 Å². The number of hydrogen-bond acceptors (Lipinski definition) is 8. The highest BCUT2D eigenvalue weighted by Crippen LogP contribution is 2.30. The molecule has 2 aromatic heterocycles. The summed E-state index contributed by atoms with van der Waals surface area (Å²) in [5.41, 5.74) is 3.56. The molecule has 176 valence electrons. The van der Waals surface area contributed by atoms with Crippen molar-refractivity contribution in [3.63, 3.8) is 0 Å². The maximum atomic E-state index is 12.7. The summed E-state index contributed by atoms with van der Waals surface area (Å²) in [6.45, 7) is -0.131. The number of hydroxylamine groups is 1. The average Bonchev–Trinajstić information content (AvgIpc) is 3.53. The third-order valence-corrected chi connectivity index (χ3v) is 8.03. The van der Waals surface area contributed by atoms with Gasteiger partial charge in [0.15, 0.2) is 0 Å². The van der Waals surface area contributed by atoms with Gasteiger partial charge in [0.05, 0.1) is 18.4 Å². The molecule has 4 rings (SSSR count). The lowest BCUT2D eigenvalue weighted by atomic mass is 10.1. The lowest BCUT2D eigenvalue weighted by Crippen LogP contribution is -2.32. The number of rotatable bonds is 9. The number of thiophene rings is 1. The predicted octanol–water partition coefficient (Wildman–Crippen LogP) is 2.48. The van der Waals surface area contributed by atoms with Gasteiger partial charge in [0.2, 0.25) is 10.0 Å². The van der Waals surface area contributed by atoms with Crippen molar-refractivity contribution >= 4 is 27.3 Å². The smallest absolute Gasteiger partial charge is 0.268 e. The molecular formula is C22H21N5O5S2. The van der Waals surface area contributed by atoms with Gasteiger partial charge in [-0.2, -0.15) is 0 Å². The van der Waals surface area contributed by atoms with Gasteiger partial charge in [-0.05, 0) is 35.4 Å². The van der Waals surface area contributed by atoms with E-state index in [4.69, 9.17) is 5.21 Å². The molecule has 0 aliphatic heterocycles. The highest BCUT2D eigenvalue weighted by Gasteiger charge is 2.23. The van der Waals surface area contributed by atoms with Gasteiger partial charge >= 0.3 is 0 Å². The van der Waals surface area contributed by atoms with Gasteiger partial charge in [0.25, 0.3) is 5.91 Å². The summed E-state index contributed by atoms with van der Waals surface area (Å²) in [5.74, 6) is -0.624. The maximum Gasteiger partial charge on any atom is 0.268 e. The molecule has 0 aliphatic rings. The summed E-state index contributed by atoms with van der Waals surface area (Å²) in [5, 5.41) is 26.4. The van der Waals surface area contributed by atoms with Crippen molar-refractivity contribution in [3.05, 3.63) is 84.2 Å². The van der Waals surface area contributed by atoms with Crippen LogP contribution in [0.5, 0.6) is 5.75 Å². The number of hydrogen-bond donors (Lipinski definition) is 4. The van der Waals surface area contributed by atoms with Crippen LogP contribution in [0.2, 0.25) is 0 Å². The summed E-state index contributed by atoms with van der Waals surface area (Å²) < 4.78 is 29.4. The zero-order valence-electron chi connectivity index (χ0n) is 17.7. The minimum atomic E-state index is -3.78. The number of phenolic OH excluding ortho intramolecular Hbond substituents is 1. The maximum absolute atomic E-state index is 12.7. The molecule has 0 saturated heterocycles. The lowest BCUT2D eigenvalue weighted by molar-refractivity contribution is -0.133. The van der Waals surface area contributed by atoms with Gasteiger partial charge in [-0.1, -0.05) is 47.7 Å². The first kappa shape index (κ1) is 23.6. The number of aromatic nitrogens is 3. The zero-order chi connectivity index (χ0) is 24.1. The molecule has 0 saturated carbocycles. The van der Waals surface area contributed by atoms with E-state index in [0.717, 1.165) is 27.3 Å². The van der Waals surface area contributed by atoms with Gasteiger partial charge in [0, 0.05) is 11.3 Å². The Morgan fingerprint density at radius 2 is 1.79 bits per heavy atom. The van der Waals surface area contributed by atoms with Gasteiger partial charge in [-0.15, -0.1) is 16.4 Å². The Balaban J connectivity index is 1.45. The first-order chi connectivity index (χ1) is 16.4. The molecule has 1 atom stereocenters. The summed E-state index contributed by atoms with van der Waals surface area (Å²) >= 11 is 1.16. The van der Waals surface area contributed by atoms with Crippen LogP contribution in [0.3, 0.4) is 0 Å². The number of aromatic hydroxyl groups is 1. The number of carbonyl (C=O) groups is 1. The second-order valence-corrected chi connectivity index (χ2v) is 10.4. The highest BCUT2D eigenvalue weighted by atomic mass is 32.2. The molecule has 34 heavy (non-hydrogen) atoms. The fraction of sp³-hybridized carbons (Fsp3) is 0.136. The zero-order valence-corrected chi connectivity index (χ0v) is 19.3. The second-order valence-electron chi connectivity index (χ2n) is 7.36. The number of nitrogens with one attached hydrogen (secondary N) is 2. The lowest BCUT2D eigenvalue weighted by Gasteiger charge is -2.14. The summed E-state index contributed by atoms with van der Waals surface area (Å²) in [7, 11) is -3.78. The molecule has 0 fully saturated rings. The Morgan fingerprint density at radius 3 is 2.50 bits per heavy atom. The van der Waals surface area contributed by atoms with Gasteiger partial charge in [-0.3, -0.25) is 10.0 Å². The van der Waals surface area contributed by atoms with Crippen LogP contribution in [0.15, 0.2) is 77.1 Å². The third kappa shape index (κ3) is 5.48. The van der Waals surface area contributed by atoms with E-state index >= 15 is 0 Å². The first-order valence-electron chi connectivity index (χ1n) is 10.1. The molecule has 2 heterocycles. The third-order valence-electron chi connectivity index (χ3n) is 5.00. The molecule has 1 amide bonds. The second kappa shape index (κ2) is 10.1. The van der Waals surface area contributed by atoms with Crippen molar-refractivity contribution in [1.82, 2.24) is 25.2 Å². The number of carbonyl (C=O) groups excluding carboxylic acids is 1. The van der Waals surface area contributed by atoms with Crippen LogP contribution in [0.25, 0.3) is 10.4 Å². The standard InChI is InChI=1S/C22H21N5O5S2/c28-18-8-6-15(7-9-18)12-19(22(29)25-30)27-14-17(24-26-27)13-23-34(31,32)21-11-10-20(33-21)16-4-2-1-3-5-16/h1-11,14,19,23,28,30H,12-13H2,(H,25,29)/t19-/m1/s1. The van der Waals surface area contributed by atoms with Crippen LogP contribution in [-0.4, -0.2) is 39.6 Å². The Morgan fingerprint density at radius 1 is 1.06 bits per heavy atom. The number of phenols is 1. The average molecular weight is 500 g/mol. The molecule has 0 radical (unpaired) electrons. The Hall–Kier alpha value is -3.58. The minimum absolute atomic E-state index is 0.0869. The van der Waals surface area contributed by atoms with Crippen LogP contribution >= 0.6 is 11.3 Å². The summed E-state index contributed by atoms with van der Waals surface area (Å²) in [6.07, 6.45) is 1.60. The fourth-order valence-electron chi connectivity index (χ4n) is 3.25. The largest absolute Gasteiger partial charge is 0.508 e. The molecule has 0 aliphatic carbocycles. The first-order valence-corrected chi connectivity index (χ1v) is 12.4. The van der Waals surface area contributed by atoms with E-state index in [1.54, 1.807) is 29.7 Å². The van der Waals surface area contributed by atoms with Crippen LogP contribution in [0.4, 0.5) is 0 Å². The van der Waals surface area contributed by atoms with E-state index in [9.17, 15) is 18.3 Å². The molecule has 4 N–H and O–H groups in total. The molecule has 4 aromatic rings. The van der Waals surface area contributed by atoms with Crippen LogP contribution in [-0.2, 0) is 27.8 Å². The topological polar surface area (TPSA) is 146 Å². The number of benzene rings is 2. The SMILES string of the molecule is O=C(NO)[C@@H](Cc1ccc(O)cc1)n1cc(CNS(=O)(=O)c2ccc(-c3ccccc3)s2)nn1. The number of nitrogens with zero attached hydrogens (tertiary/aromatic N) is 3. The normalized spacial score (nSPS) is 12.4. The van der Waals surface area contributed by atoms with Crippen LogP contribution in [0.1, 0.15) is 17.3 Å². The van der Waals surface area contributed by atoms with Crippen molar-refractivity contribution in [1.29, 1.82) is 0 Å². The molecule has 0 bridgehead atoms. The Kier molecular flexibility index (Phi) is 7.03. The van der Waals surface area contributed by atoms with Gasteiger partial charge < -0.3 is 5.11 Å². The van der Waals surface area contributed by atoms with Crippen molar-refractivity contribution in [2.75, 3.05) is 0 Å². The van der Waals surface area contributed by atoms with E-state index in [1.165, 1.54) is 23.0 Å². The van der Waals surface area contributed by atoms with Gasteiger partial charge in [0.1, 0.15) is 16.0 Å². The summed E-state index contributed by atoms with van der Waals surface area (Å²) in [6, 6.07) is 18.1. The van der Waals surface area contributed by atoms with E-state index in [-0.39, 0.29) is 22.9 Å². The van der Waals surface area contributed by atoms with E-state index in [1.807, 2.05) is 30.3 Å². The van der Waals surface area contributed by atoms with Crippen LogP contribution in [0, 0.1) is 0 Å². The molecule has 10 nitrogen and oxygen atoms in total. The van der Waals surface area contributed by atoms with E-state index in [0.29, 0.717) is 5.69 Å². The van der Waals surface area contributed by atoms with Gasteiger partial charge in [-0.25, -0.2) is 23.3 Å². The predicted molar refractivity (Wildman–Crippen MR) is 125 cm³/mol. The van der Waals surface area contributed by atoms with E-state index < -0.39 is 22.0 Å². The van der Waals surface area contributed by atoms with Crippen molar-refractivity contribution in [3.8, 4) is 16.2 Å². The molecule has 0 spiro atoms. The molecule has 0 unspecified atom stereocenters. The Labute approximate surface area is 199 Å². The van der Waals surface area contributed by atoms with E-state index in [2.05, 4.69) is 15.0 Å². The van der Waals surface area contributed by atoms with Crippen molar-refractivity contribution in [2.24, 2.45) is 0 Å². The van der Waals surface area contributed by atoms with Crippen molar-refractivity contribution in [2.45, 2.75) is 23.2 Å². The molecule has 2 aromatic carbocycles. The fourth-order valence-corrected chi connectivity index (χ4v) is 5.60. The minimum Gasteiger partial charge on any atom is -0.508 e. The number of amides is 1. The highest BCUT2D eigenvalue weighted by molar-refractivity contribution is 7.91. The molecule has 12 heteroatoms. The Bertz CT molecular complexity index is 1370. The monoisotopic (exact) mass is 499 g/mol. The van der Waals surface area contributed by atoms with Crippen molar-refractivity contribution < 1.29 is 23.5 Å². The quantitative estimate of drug-likeness (QED) is 0.204.